The van der Waals surface area contributed by atoms with Gasteiger partial charge in [-0.1, -0.05) is 12.1 Å². The summed E-state index contributed by atoms with van der Waals surface area (Å²) < 4.78 is 0. The van der Waals surface area contributed by atoms with Gasteiger partial charge in [0.1, 0.15) is 0 Å². The van der Waals surface area contributed by atoms with E-state index >= 15 is 0 Å². The van der Waals surface area contributed by atoms with Crippen LogP contribution in [-0.4, -0.2) is 22.8 Å². The maximum absolute atomic E-state index is 12.3. The van der Waals surface area contributed by atoms with Gasteiger partial charge in [-0.15, -0.1) is 11.3 Å². The van der Waals surface area contributed by atoms with Crippen LogP contribution < -0.4 is 5.73 Å². The molecule has 0 saturated heterocycles. The lowest BCUT2D eigenvalue weighted by molar-refractivity contribution is 0.0786. The molecule has 1 aromatic heterocycles. The predicted octanol–water partition coefficient (Wildman–Crippen LogP) is 2.18. The van der Waals surface area contributed by atoms with Gasteiger partial charge in [-0.05, 0) is 24.6 Å². The molecule has 1 heterocycles. The van der Waals surface area contributed by atoms with Crippen molar-refractivity contribution in [3.63, 3.8) is 0 Å². The third-order valence-electron chi connectivity index (χ3n) is 3.01. The molecule has 0 aliphatic carbocycles. The molecule has 1 aromatic carbocycles. The van der Waals surface area contributed by atoms with Crippen LogP contribution in [0.3, 0.4) is 0 Å². The number of hydrogen-bond acceptors (Lipinski definition) is 4. The average Bonchev–Trinajstić information content (AvgIpc) is 2.83. The highest BCUT2D eigenvalue weighted by Crippen LogP contribution is 2.16. The van der Waals surface area contributed by atoms with Crippen LogP contribution in [0.2, 0.25) is 0 Å². The summed E-state index contributed by atoms with van der Waals surface area (Å²) in [5.41, 5.74) is 10.0. The number of aryl methyl sites for hydroxylation is 1. The smallest absolute Gasteiger partial charge is 0.253 e. The molecule has 0 fully saturated rings. The Morgan fingerprint density at radius 1 is 1.37 bits per heavy atom. The number of amides is 1. The second-order valence-electron chi connectivity index (χ2n) is 4.42. The molecule has 0 aliphatic heterocycles. The molecular formula is C14H17N3OS. The molecular weight excluding hydrogens is 258 g/mol. The number of benzene rings is 1. The Morgan fingerprint density at radius 3 is 2.58 bits per heavy atom. The number of nitrogens with zero attached hydrogens (tertiary/aromatic N) is 2. The van der Waals surface area contributed by atoms with E-state index in [-0.39, 0.29) is 5.91 Å². The Hall–Kier alpha value is -1.72. The fourth-order valence-corrected chi connectivity index (χ4v) is 2.60. The molecule has 0 bridgehead atoms. The van der Waals surface area contributed by atoms with Gasteiger partial charge in [0.05, 0.1) is 17.7 Å². The lowest BCUT2D eigenvalue weighted by Gasteiger charge is -2.16. The largest absolute Gasteiger partial charge is 0.336 e. The van der Waals surface area contributed by atoms with Crippen molar-refractivity contribution >= 4 is 17.2 Å². The normalized spacial score (nSPS) is 10.5. The van der Waals surface area contributed by atoms with Gasteiger partial charge >= 0.3 is 0 Å². The summed E-state index contributed by atoms with van der Waals surface area (Å²) in [7, 11) is 1.80. The van der Waals surface area contributed by atoms with Crippen molar-refractivity contribution in [2.45, 2.75) is 20.0 Å². The molecule has 0 saturated carbocycles. The van der Waals surface area contributed by atoms with E-state index in [4.69, 9.17) is 5.73 Å². The zero-order valence-corrected chi connectivity index (χ0v) is 11.9. The molecule has 0 radical (unpaired) electrons. The first-order valence-corrected chi connectivity index (χ1v) is 6.93. The molecule has 4 nitrogen and oxygen atoms in total. The highest BCUT2D eigenvalue weighted by atomic mass is 32.1. The summed E-state index contributed by atoms with van der Waals surface area (Å²) in [6, 6.07) is 7.42. The molecule has 1 amide bonds. The second-order valence-corrected chi connectivity index (χ2v) is 5.36. The van der Waals surface area contributed by atoms with Crippen molar-refractivity contribution in [3.05, 3.63) is 51.5 Å². The summed E-state index contributed by atoms with van der Waals surface area (Å²) in [5, 5.41) is 0. The Labute approximate surface area is 116 Å². The zero-order chi connectivity index (χ0) is 13.8. The first-order valence-electron chi connectivity index (χ1n) is 6.05. The van der Waals surface area contributed by atoms with E-state index in [2.05, 4.69) is 4.98 Å². The Kier molecular flexibility index (Phi) is 4.29. The monoisotopic (exact) mass is 275 g/mol. The van der Waals surface area contributed by atoms with Crippen molar-refractivity contribution in [2.75, 3.05) is 7.05 Å². The quantitative estimate of drug-likeness (QED) is 0.930. The SMILES string of the molecule is Cc1ncsc1CN(C)C(=O)c1ccc(CN)cc1. The molecule has 0 unspecified atom stereocenters. The van der Waals surface area contributed by atoms with Crippen LogP contribution in [0.5, 0.6) is 0 Å². The molecule has 100 valence electrons. The highest BCUT2D eigenvalue weighted by molar-refractivity contribution is 7.09. The Balaban J connectivity index is 2.08. The topological polar surface area (TPSA) is 59.2 Å². The number of nitrogens with two attached hydrogens (primary N) is 1. The second kappa shape index (κ2) is 5.95. The van der Waals surface area contributed by atoms with Crippen molar-refractivity contribution in [2.24, 2.45) is 5.73 Å². The molecule has 0 atom stereocenters. The van der Waals surface area contributed by atoms with Gasteiger partial charge in [-0.2, -0.15) is 0 Å². The highest BCUT2D eigenvalue weighted by Gasteiger charge is 2.13. The lowest BCUT2D eigenvalue weighted by Crippen LogP contribution is -2.26. The average molecular weight is 275 g/mol. The number of hydrogen-bond donors (Lipinski definition) is 1. The predicted molar refractivity (Wildman–Crippen MR) is 77.0 cm³/mol. The molecule has 0 aliphatic rings. The van der Waals surface area contributed by atoms with Crippen LogP contribution in [-0.2, 0) is 13.1 Å². The number of rotatable bonds is 4. The summed E-state index contributed by atoms with van der Waals surface area (Å²) >= 11 is 1.58. The molecule has 5 heteroatoms. The lowest BCUT2D eigenvalue weighted by atomic mass is 10.1. The van der Waals surface area contributed by atoms with Crippen LogP contribution in [0, 0.1) is 6.92 Å². The van der Waals surface area contributed by atoms with Crippen LogP contribution in [0.15, 0.2) is 29.8 Å². The van der Waals surface area contributed by atoms with Gasteiger partial charge in [0, 0.05) is 24.0 Å². The fraction of sp³-hybridized carbons (Fsp3) is 0.286. The minimum atomic E-state index is 0.0105. The van der Waals surface area contributed by atoms with Crippen molar-refractivity contribution in [1.82, 2.24) is 9.88 Å². The molecule has 2 rings (SSSR count). The first-order chi connectivity index (χ1) is 9.11. The summed E-state index contributed by atoms with van der Waals surface area (Å²) in [6.07, 6.45) is 0. The van der Waals surface area contributed by atoms with Gasteiger partial charge in [-0.25, -0.2) is 4.98 Å². The van der Waals surface area contributed by atoms with Crippen LogP contribution in [0.1, 0.15) is 26.5 Å². The van der Waals surface area contributed by atoms with E-state index in [0.717, 1.165) is 16.1 Å². The first kappa shape index (κ1) is 13.7. The van der Waals surface area contributed by atoms with E-state index in [9.17, 15) is 4.79 Å². The maximum Gasteiger partial charge on any atom is 0.253 e. The molecule has 2 aromatic rings. The maximum atomic E-state index is 12.3. The van der Waals surface area contributed by atoms with E-state index in [1.54, 1.807) is 28.8 Å². The van der Waals surface area contributed by atoms with E-state index < -0.39 is 0 Å². The molecule has 0 spiro atoms. The van der Waals surface area contributed by atoms with E-state index in [1.807, 2.05) is 31.2 Å². The van der Waals surface area contributed by atoms with Crippen LogP contribution >= 0.6 is 11.3 Å². The van der Waals surface area contributed by atoms with Gasteiger partial charge in [0.15, 0.2) is 0 Å². The number of carbonyl (C=O) groups excluding carboxylic acids is 1. The van der Waals surface area contributed by atoms with Gasteiger partial charge in [0.2, 0.25) is 0 Å². The number of thiazole rings is 1. The minimum absolute atomic E-state index is 0.0105. The summed E-state index contributed by atoms with van der Waals surface area (Å²) in [6.45, 7) is 3.04. The van der Waals surface area contributed by atoms with Crippen molar-refractivity contribution < 1.29 is 4.79 Å². The van der Waals surface area contributed by atoms with E-state index in [0.29, 0.717) is 18.7 Å². The fourth-order valence-electron chi connectivity index (χ4n) is 1.77. The van der Waals surface area contributed by atoms with Crippen molar-refractivity contribution in [3.8, 4) is 0 Å². The van der Waals surface area contributed by atoms with Gasteiger partial charge < -0.3 is 10.6 Å². The Bertz CT molecular complexity index is 562. The third-order valence-corrected chi connectivity index (χ3v) is 3.93. The summed E-state index contributed by atoms with van der Waals surface area (Å²) in [4.78, 5) is 19.3. The van der Waals surface area contributed by atoms with Crippen LogP contribution in [0.25, 0.3) is 0 Å². The van der Waals surface area contributed by atoms with E-state index in [1.165, 1.54) is 0 Å². The van der Waals surface area contributed by atoms with Crippen LogP contribution in [0.4, 0.5) is 0 Å². The zero-order valence-electron chi connectivity index (χ0n) is 11.1. The van der Waals surface area contributed by atoms with Gasteiger partial charge in [-0.3, -0.25) is 4.79 Å². The Morgan fingerprint density at radius 2 is 2.05 bits per heavy atom. The van der Waals surface area contributed by atoms with Crippen molar-refractivity contribution in [1.29, 1.82) is 0 Å². The standard InChI is InChI=1S/C14H17N3OS/c1-10-13(19-9-16-10)8-17(2)14(18)12-5-3-11(7-15)4-6-12/h3-6,9H,7-8,15H2,1-2H3. The minimum Gasteiger partial charge on any atom is -0.336 e. The number of carbonyl (C=O) groups is 1. The summed E-state index contributed by atoms with van der Waals surface area (Å²) in [5.74, 6) is 0.0105. The van der Waals surface area contributed by atoms with Gasteiger partial charge in [0.25, 0.3) is 5.91 Å². The molecule has 19 heavy (non-hydrogen) atoms. The molecule has 2 N–H and O–H groups in total. The number of aromatic nitrogens is 1. The third kappa shape index (κ3) is 3.19.